The third-order valence-corrected chi connectivity index (χ3v) is 5.58. The van der Waals surface area contributed by atoms with Gasteiger partial charge in [-0.1, -0.05) is 66.2 Å². The predicted molar refractivity (Wildman–Crippen MR) is 106 cm³/mol. The van der Waals surface area contributed by atoms with Crippen LogP contribution in [0.4, 0.5) is 4.79 Å². The van der Waals surface area contributed by atoms with Crippen LogP contribution in [0, 0.1) is 11.8 Å². The Morgan fingerprint density at radius 3 is 2.00 bits per heavy atom. The molecule has 0 saturated carbocycles. The van der Waals surface area contributed by atoms with Gasteiger partial charge in [0.1, 0.15) is 0 Å². The number of carbonyl (C=O) groups excluding carboxylic acids is 1. The van der Waals surface area contributed by atoms with E-state index in [-0.39, 0.29) is 6.54 Å². The molecule has 0 aromatic rings. The summed E-state index contributed by atoms with van der Waals surface area (Å²) in [6, 6.07) is 0. The molecule has 26 heavy (non-hydrogen) atoms. The third-order valence-electron chi connectivity index (χ3n) is 4.89. The van der Waals surface area contributed by atoms with E-state index in [4.69, 9.17) is 9.29 Å². The van der Waals surface area contributed by atoms with Crippen LogP contribution in [0.3, 0.4) is 0 Å². The average Bonchev–Trinajstić information content (AvgIpc) is 2.60. The van der Waals surface area contributed by atoms with Gasteiger partial charge in [-0.05, 0) is 24.7 Å². The van der Waals surface area contributed by atoms with E-state index in [1.807, 2.05) is 0 Å². The van der Waals surface area contributed by atoms with Gasteiger partial charge in [0, 0.05) is 13.1 Å². The van der Waals surface area contributed by atoms with Gasteiger partial charge in [0.15, 0.2) is 0 Å². The highest BCUT2D eigenvalue weighted by Gasteiger charge is 2.22. The number of hydrogen-bond donors (Lipinski definition) is 1. The minimum atomic E-state index is -4.11. The molecule has 0 saturated heterocycles. The first-order valence-corrected chi connectivity index (χ1v) is 11.7. The summed E-state index contributed by atoms with van der Waals surface area (Å²) in [5.41, 5.74) is 0. The quantitative estimate of drug-likeness (QED) is 0.406. The van der Waals surface area contributed by atoms with E-state index in [0.29, 0.717) is 25.0 Å². The van der Waals surface area contributed by atoms with Crippen LogP contribution < -0.4 is 0 Å². The summed E-state index contributed by atoms with van der Waals surface area (Å²) in [6.07, 6.45) is 7.80. The van der Waals surface area contributed by atoms with E-state index in [1.165, 1.54) is 4.90 Å². The van der Waals surface area contributed by atoms with Gasteiger partial charge >= 0.3 is 6.09 Å². The number of amides is 1. The van der Waals surface area contributed by atoms with Gasteiger partial charge in [0.05, 0.1) is 12.4 Å². The molecule has 0 aliphatic rings. The molecule has 1 N–H and O–H groups in total. The van der Waals surface area contributed by atoms with Crippen LogP contribution >= 0.6 is 0 Å². The van der Waals surface area contributed by atoms with Crippen LogP contribution in [0.2, 0.25) is 0 Å². The Bertz CT molecular complexity index is 467. The number of nitrogens with zero attached hydrogens (tertiary/aromatic N) is 1. The average molecular weight is 394 g/mol. The molecule has 2 atom stereocenters. The Labute approximate surface area is 160 Å². The normalized spacial score (nSPS) is 14.0. The summed E-state index contributed by atoms with van der Waals surface area (Å²) in [7, 11) is -4.11. The molecule has 0 spiro atoms. The summed E-state index contributed by atoms with van der Waals surface area (Å²) in [6.45, 7) is 9.22. The molecule has 1 amide bonds. The zero-order valence-electron chi connectivity index (χ0n) is 17.1. The zero-order chi connectivity index (χ0) is 20.0. The number of ether oxygens (including phenoxy) is 1. The fourth-order valence-corrected chi connectivity index (χ4v) is 3.34. The van der Waals surface area contributed by atoms with Crippen molar-refractivity contribution in [2.24, 2.45) is 11.8 Å². The molecule has 0 bridgehead atoms. The molecule has 156 valence electrons. The maximum absolute atomic E-state index is 12.5. The minimum absolute atomic E-state index is 0.0357. The molecule has 0 heterocycles. The largest absolute Gasteiger partial charge is 0.449 e. The van der Waals surface area contributed by atoms with Crippen LogP contribution in [0.15, 0.2) is 0 Å². The van der Waals surface area contributed by atoms with Crippen LogP contribution in [0.25, 0.3) is 0 Å². The van der Waals surface area contributed by atoms with E-state index in [9.17, 15) is 13.2 Å². The predicted octanol–water partition coefficient (Wildman–Crippen LogP) is 4.75. The van der Waals surface area contributed by atoms with Crippen molar-refractivity contribution < 1.29 is 22.5 Å². The Morgan fingerprint density at radius 1 is 1.00 bits per heavy atom. The van der Waals surface area contributed by atoms with E-state index >= 15 is 0 Å². The second-order valence-electron chi connectivity index (χ2n) is 7.14. The SMILES string of the molecule is CCCC[C@H](CC)COC(=O)N(CCS(=O)(=O)O)C[C@@H](CC)CCCC. The smallest absolute Gasteiger partial charge is 0.409 e. The van der Waals surface area contributed by atoms with Crippen molar-refractivity contribution in [2.75, 3.05) is 25.4 Å². The molecular formula is C19H39NO5S. The molecule has 0 aliphatic carbocycles. The van der Waals surface area contributed by atoms with Gasteiger partial charge in [-0.3, -0.25) is 4.55 Å². The van der Waals surface area contributed by atoms with E-state index in [0.717, 1.165) is 51.4 Å². The fraction of sp³-hybridized carbons (Fsp3) is 0.947. The van der Waals surface area contributed by atoms with Gasteiger partial charge in [0.2, 0.25) is 0 Å². The van der Waals surface area contributed by atoms with E-state index < -0.39 is 22.0 Å². The first-order valence-electron chi connectivity index (χ1n) is 10.1. The summed E-state index contributed by atoms with van der Waals surface area (Å²) in [4.78, 5) is 14.0. The lowest BCUT2D eigenvalue weighted by atomic mass is 9.99. The monoisotopic (exact) mass is 393 g/mol. The number of rotatable bonds is 15. The van der Waals surface area contributed by atoms with Crippen molar-refractivity contribution in [3.05, 3.63) is 0 Å². The van der Waals surface area contributed by atoms with Gasteiger partial charge in [-0.15, -0.1) is 0 Å². The first kappa shape index (κ1) is 25.2. The molecule has 0 rings (SSSR count). The second kappa shape index (κ2) is 14.3. The Kier molecular flexibility index (Phi) is 13.8. The van der Waals surface area contributed by atoms with Crippen molar-refractivity contribution in [3.8, 4) is 0 Å². The van der Waals surface area contributed by atoms with Crippen molar-refractivity contribution in [1.29, 1.82) is 0 Å². The van der Waals surface area contributed by atoms with Gasteiger partial charge in [-0.25, -0.2) is 4.79 Å². The highest BCUT2D eigenvalue weighted by molar-refractivity contribution is 7.85. The minimum Gasteiger partial charge on any atom is -0.449 e. The number of hydrogen-bond acceptors (Lipinski definition) is 4. The fourth-order valence-electron chi connectivity index (χ4n) is 2.89. The summed E-state index contributed by atoms with van der Waals surface area (Å²) < 4.78 is 36.7. The van der Waals surface area contributed by atoms with Gasteiger partial charge in [-0.2, -0.15) is 8.42 Å². The highest BCUT2D eigenvalue weighted by atomic mass is 32.2. The molecule has 0 unspecified atom stereocenters. The molecule has 0 aromatic heterocycles. The van der Waals surface area contributed by atoms with Gasteiger partial charge in [0.25, 0.3) is 10.1 Å². The Hall–Kier alpha value is -0.820. The molecule has 0 radical (unpaired) electrons. The van der Waals surface area contributed by atoms with Crippen LogP contribution in [-0.4, -0.2) is 49.4 Å². The summed E-state index contributed by atoms with van der Waals surface area (Å²) in [5, 5.41) is 0. The highest BCUT2D eigenvalue weighted by Crippen LogP contribution is 2.17. The van der Waals surface area contributed by atoms with Crippen molar-refractivity contribution in [2.45, 2.75) is 79.1 Å². The lowest BCUT2D eigenvalue weighted by molar-refractivity contribution is 0.0805. The molecule has 0 aromatic carbocycles. The van der Waals surface area contributed by atoms with E-state index in [1.54, 1.807) is 0 Å². The van der Waals surface area contributed by atoms with Crippen LogP contribution in [0.1, 0.15) is 79.1 Å². The van der Waals surface area contributed by atoms with Gasteiger partial charge < -0.3 is 9.64 Å². The maximum Gasteiger partial charge on any atom is 0.409 e. The molecule has 0 fully saturated rings. The van der Waals surface area contributed by atoms with E-state index in [2.05, 4.69) is 27.7 Å². The Morgan fingerprint density at radius 2 is 1.54 bits per heavy atom. The van der Waals surface area contributed by atoms with Crippen molar-refractivity contribution in [1.82, 2.24) is 4.90 Å². The summed E-state index contributed by atoms with van der Waals surface area (Å²) >= 11 is 0. The molecule has 0 aliphatic heterocycles. The van der Waals surface area contributed by atoms with Crippen LogP contribution in [0.5, 0.6) is 0 Å². The zero-order valence-corrected chi connectivity index (χ0v) is 17.9. The lowest BCUT2D eigenvalue weighted by Crippen LogP contribution is -2.39. The molecule has 6 nitrogen and oxygen atoms in total. The van der Waals surface area contributed by atoms with Crippen molar-refractivity contribution >= 4 is 16.2 Å². The number of unbranched alkanes of at least 4 members (excludes halogenated alkanes) is 2. The third kappa shape index (κ3) is 12.5. The maximum atomic E-state index is 12.5. The van der Waals surface area contributed by atoms with Crippen LogP contribution in [-0.2, 0) is 14.9 Å². The summed E-state index contributed by atoms with van der Waals surface area (Å²) in [5.74, 6) is 0.189. The topological polar surface area (TPSA) is 83.9 Å². The standard InChI is InChI=1S/C19H39NO5S/c1-5-9-11-17(7-3)15-20(13-14-26(22,23)24)19(21)25-16-18(8-4)12-10-6-2/h17-18H,5-16H2,1-4H3,(H,22,23,24)/t17-,18-/m0/s1. The molecular weight excluding hydrogens is 354 g/mol. The Balaban J connectivity index is 4.80. The van der Waals surface area contributed by atoms with Crippen molar-refractivity contribution in [3.63, 3.8) is 0 Å². The molecule has 7 heteroatoms. The lowest BCUT2D eigenvalue weighted by Gasteiger charge is -2.27. The first-order chi connectivity index (χ1) is 12.3. The number of carbonyl (C=O) groups is 1. The second-order valence-corrected chi connectivity index (χ2v) is 8.71.